The highest BCUT2D eigenvalue weighted by Gasteiger charge is 2.35. The summed E-state index contributed by atoms with van der Waals surface area (Å²) in [6, 6.07) is 8.24. The quantitative estimate of drug-likeness (QED) is 0.656. The Bertz CT molecular complexity index is 952. The van der Waals surface area contributed by atoms with E-state index in [-0.39, 0.29) is 29.8 Å². The number of furan rings is 1. The molecule has 0 bridgehead atoms. The van der Waals surface area contributed by atoms with Crippen LogP contribution in [0.3, 0.4) is 0 Å². The molecule has 6 nitrogen and oxygen atoms in total. The number of anilines is 1. The van der Waals surface area contributed by atoms with Crippen molar-refractivity contribution < 1.29 is 18.1 Å². The van der Waals surface area contributed by atoms with Crippen LogP contribution in [0.4, 0.5) is 10.1 Å². The first-order valence-corrected chi connectivity index (χ1v) is 8.46. The van der Waals surface area contributed by atoms with Gasteiger partial charge in [-0.2, -0.15) is 4.98 Å². The average molecular weight is 406 g/mol. The zero-order valence-electron chi connectivity index (χ0n) is 13.2. The Labute approximate surface area is 150 Å². The van der Waals surface area contributed by atoms with Gasteiger partial charge in [-0.1, -0.05) is 11.2 Å². The molecule has 0 aliphatic carbocycles. The fourth-order valence-corrected chi connectivity index (χ4v) is 3.18. The van der Waals surface area contributed by atoms with Crippen LogP contribution in [0.1, 0.15) is 23.7 Å². The second-order valence-electron chi connectivity index (χ2n) is 5.92. The number of amides is 1. The maximum Gasteiger partial charge on any atom is 0.293 e. The van der Waals surface area contributed by atoms with Crippen molar-refractivity contribution in [3.05, 3.63) is 52.2 Å². The summed E-state index contributed by atoms with van der Waals surface area (Å²) in [4.78, 5) is 18.1. The summed E-state index contributed by atoms with van der Waals surface area (Å²) in [6.45, 7) is 2.11. The van der Waals surface area contributed by atoms with Crippen molar-refractivity contribution in [2.75, 3.05) is 11.4 Å². The summed E-state index contributed by atoms with van der Waals surface area (Å²) in [5, 5.41) is 3.95. The van der Waals surface area contributed by atoms with E-state index in [0.717, 1.165) is 5.56 Å². The fraction of sp³-hybridized carbons (Fsp3) is 0.235. The van der Waals surface area contributed by atoms with Crippen molar-refractivity contribution in [2.45, 2.75) is 19.3 Å². The Morgan fingerprint density at radius 2 is 2.16 bits per heavy atom. The van der Waals surface area contributed by atoms with E-state index in [1.54, 1.807) is 31.2 Å². The van der Waals surface area contributed by atoms with Crippen molar-refractivity contribution in [3.8, 4) is 11.7 Å². The number of aromatic nitrogens is 2. The molecule has 0 radical (unpaired) electrons. The van der Waals surface area contributed by atoms with Gasteiger partial charge in [-0.15, -0.1) is 0 Å². The second kappa shape index (κ2) is 6.11. The molecule has 2 aromatic heterocycles. The van der Waals surface area contributed by atoms with Gasteiger partial charge in [0.2, 0.25) is 5.91 Å². The maximum atomic E-state index is 14.2. The Morgan fingerprint density at radius 1 is 1.32 bits per heavy atom. The average Bonchev–Trinajstić information content (AvgIpc) is 3.27. The lowest BCUT2D eigenvalue weighted by Crippen LogP contribution is -2.25. The number of aryl methyl sites for hydroxylation is 1. The fourth-order valence-electron chi connectivity index (χ4n) is 2.87. The molecule has 1 amide bonds. The molecule has 1 unspecified atom stereocenters. The largest absolute Gasteiger partial charge is 0.444 e. The summed E-state index contributed by atoms with van der Waals surface area (Å²) < 4.78 is 25.3. The van der Waals surface area contributed by atoms with E-state index >= 15 is 0 Å². The van der Waals surface area contributed by atoms with Crippen molar-refractivity contribution in [3.63, 3.8) is 0 Å². The monoisotopic (exact) mass is 405 g/mol. The van der Waals surface area contributed by atoms with Crippen LogP contribution in [-0.4, -0.2) is 22.6 Å². The Hall–Kier alpha value is -2.48. The lowest BCUT2D eigenvalue weighted by molar-refractivity contribution is -0.117. The van der Waals surface area contributed by atoms with Gasteiger partial charge in [0.05, 0.1) is 5.69 Å². The van der Waals surface area contributed by atoms with Gasteiger partial charge in [-0.25, -0.2) is 4.39 Å². The van der Waals surface area contributed by atoms with E-state index in [1.165, 1.54) is 11.0 Å². The van der Waals surface area contributed by atoms with Crippen molar-refractivity contribution in [1.29, 1.82) is 0 Å². The Kier molecular flexibility index (Phi) is 3.91. The third kappa shape index (κ3) is 2.97. The van der Waals surface area contributed by atoms with E-state index < -0.39 is 5.82 Å². The number of hydrogen-bond acceptors (Lipinski definition) is 5. The molecular weight excluding hydrogens is 393 g/mol. The van der Waals surface area contributed by atoms with Gasteiger partial charge < -0.3 is 13.8 Å². The van der Waals surface area contributed by atoms with Gasteiger partial charge in [-0.3, -0.25) is 4.79 Å². The highest BCUT2D eigenvalue weighted by Crippen LogP contribution is 2.33. The van der Waals surface area contributed by atoms with Gasteiger partial charge in [-0.05, 0) is 52.7 Å². The molecule has 1 aliphatic rings. The SMILES string of the molecule is Cc1ccc(N2CC(c3noc(-c4ccc(Br)o4)n3)CC2=O)c(F)c1. The normalized spacial score (nSPS) is 17.5. The number of carbonyl (C=O) groups is 1. The predicted molar refractivity (Wildman–Crippen MR) is 90.5 cm³/mol. The first kappa shape index (κ1) is 16.0. The third-order valence-corrected chi connectivity index (χ3v) is 4.54. The molecule has 0 saturated carbocycles. The molecule has 25 heavy (non-hydrogen) atoms. The molecule has 128 valence electrons. The molecule has 0 spiro atoms. The van der Waals surface area contributed by atoms with Crippen LogP contribution in [0.2, 0.25) is 0 Å². The molecule has 3 heterocycles. The van der Waals surface area contributed by atoms with E-state index in [9.17, 15) is 9.18 Å². The van der Waals surface area contributed by atoms with Gasteiger partial charge in [0, 0.05) is 18.9 Å². The van der Waals surface area contributed by atoms with Gasteiger partial charge >= 0.3 is 0 Å². The van der Waals surface area contributed by atoms with Crippen LogP contribution in [0.25, 0.3) is 11.7 Å². The molecule has 1 aromatic carbocycles. The number of benzene rings is 1. The van der Waals surface area contributed by atoms with E-state index in [1.807, 2.05) is 0 Å². The third-order valence-electron chi connectivity index (χ3n) is 4.11. The summed E-state index contributed by atoms with van der Waals surface area (Å²) in [7, 11) is 0. The van der Waals surface area contributed by atoms with Gasteiger partial charge in [0.1, 0.15) is 5.82 Å². The second-order valence-corrected chi connectivity index (χ2v) is 6.70. The lowest BCUT2D eigenvalue weighted by Gasteiger charge is -2.17. The molecule has 8 heteroatoms. The zero-order chi connectivity index (χ0) is 17.6. The van der Waals surface area contributed by atoms with Crippen molar-refractivity contribution in [1.82, 2.24) is 10.1 Å². The molecule has 1 aliphatic heterocycles. The van der Waals surface area contributed by atoms with E-state index in [4.69, 9.17) is 8.94 Å². The van der Waals surface area contributed by atoms with Gasteiger partial charge in [0.25, 0.3) is 5.89 Å². The van der Waals surface area contributed by atoms with Crippen LogP contribution in [0, 0.1) is 12.7 Å². The number of halogens is 2. The van der Waals surface area contributed by atoms with Crippen LogP contribution in [0.5, 0.6) is 0 Å². The highest BCUT2D eigenvalue weighted by molar-refractivity contribution is 9.10. The molecule has 1 fully saturated rings. The van der Waals surface area contributed by atoms with Crippen molar-refractivity contribution in [2.24, 2.45) is 0 Å². The molecular formula is C17H13BrFN3O3. The first-order chi connectivity index (χ1) is 12.0. The first-order valence-electron chi connectivity index (χ1n) is 7.67. The van der Waals surface area contributed by atoms with Crippen LogP contribution >= 0.6 is 15.9 Å². The molecule has 4 rings (SSSR count). The molecule has 3 aromatic rings. The minimum Gasteiger partial charge on any atom is -0.444 e. The smallest absolute Gasteiger partial charge is 0.293 e. The number of nitrogens with zero attached hydrogens (tertiary/aromatic N) is 3. The van der Waals surface area contributed by atoms with Crippen molar-refractivity contribution >= 4 is 27.5 Å². The highest BCUT2D eigenvalue weighted by atomic mass is 79.9. The summed E-state index contributed by atoms with van der Waals surface area (Å²) in [5.74, 6) is 0.252. The molecule has 0 N–H and O–H groups in total. The molecule has 1 atom stereocenters. The lowest BCUT2D eigenvalue weighted by atomic mass is 10.1. The maximum absolute atomic E-state index is 14.2. The number of hydrogen-bond donors (Lipinski definition) is 0. The van der Waals surface area contributed by atoms with Crippen LogP contribution in [0.15, 0.2) is 43.9 Å². The van der Waals surface area contributed by atoms with Crippen LogP contribution in [-0.2, 0) is 4.79 Å². The number of carbonyl (C=O) groups excluding carboxylic acids is 1. The minimum atomic E-state index is -0.414. The summed E-state index contributed by atoms with van der Waals surface area (Å²) in [5.41, 5.74) is 1.08. The minimum absolute atomic E-state index is 0.167. The summed E-state index contributed by atoms with van der Waals surface area (Å²) in [6.07, 6.45) is 0.203. The van der Waals surface area contributed by atoms with Crippen LogP contribution < -0.4 is 4.90 Å². The van der Waals surface area contributed by atoms with E-state index in [2.05, 4.69) is 26.1 Å². The Morgan fingerprint density at radius 3 is 2.88 bits per heavy atom. The zero-order valence-corrected chi connectivity index (χ0v) is 14.8. The molecule has 1 saturated heterocycles. The van der Waals surface area contributed by atoms with Gasteiger partial charge in [0.15, 0.2) is 16.3 Å². The predicted octanol–water partition coefficient (Wildman–Crippen LogP) is 4.06. The summed E-state index contributed by atoms with van der Waals surface area (Å²) >= 11 is 3.21. The Balaban J connectivity index is 1.57. The number of rotatable bonds is 3. The topological polar surface area (TPSA) is 72.4 Å². The van der Waals surface area contributed by atoms with E-state index in [0.29, 0.717) is 22.8 Å². The standard InChI is InChI=1S/C17H13BrFN3O3/c1-9-2-3-12(11(19)6-9)22-8-10(7-15(22)23)16-20-17(25-21-16)13-4-5-14(18)24-13/h2-6,10H,7-8H2,1H3.